The first-order valence-corrected chi connectivity index (χ1v) is 7.16. The van der Waals surface area contributed by atoms with Gasteiger partial charge in [-0.3, -0.25) is 9.78 Å². The van der Waals surface area contributed by atoms with Crippen LogP contribution in [0.25, 0.3) is 0 Å². The summed E-state index contributed by atoms with van der Waals surface area (Å²) in [6.45, 7) is 0.690. The van der Waals surface area contributed by atoms with Gasteiger partial charge in [0.2, 0.25) is 0 Å². The fourth-order valence-corrected chi connectivity index (χ4v) is 3.09. The maximum Gasteiger partial charge on any atom is 0.269 e. The van der Waals surface area contributed by atoms with Crippen LogP contribution in [0.5, 0.6) is 0 Å². The number of carbonyl (C=O) groups is 1. The summed E-state index contributed by atoms with van der Waals surface area (Å²) in [5, 5.41) is 14.3. The Morgan fingerprint density at radius 1 is 1.63 bits per heavy atom. The zero-order chi connectivity index (χ0) is 13.7. The maximum atomic E-state index is 11.9. The van der Waals surface area contributed by atoms with Gasteiger partial charge < -0.3 is 16.3 Å². The summed E-state index contributed by atoms with van der Waals surface area (Å²) in [4.78, 5) is 15.9. The van der Waals surface area contributed by atoms with Gasteiger partial charge in [0.1, 0.15) is 5.69 Å². The van der Waals surface area contributed by atoms with Crippen molar-refractivity contribution in [3.63, 3.8) is 0 Å². The number of amides is 1. The highest BCUT2D eigenvalue weighted by molar-refractivity contribution is 7.99. The monoisotopic (exact) mass is 280 g/mol. The molecule has 2 heterocycles. The third-order valence-corrected chi connectivity index (χ3v) is 4.21. The van der Waals surface area contributed by atoms with Crippen LogP contribution in [0.3, 0.4) is 0 Å². The molecule has 19 heavy (non-hydrogen) atoms. The van der Waals surface area contributed by atoms with E-state index in [1.165, 1.54) is 11.9 Å². The number of aromatic nitrogens is 1. The molecule has 0 aromatic carbocycles. The molecule has 0 bridgehead atoms. The van der Waals surface area contributed by atoms with Crippen LogP contribution in [0.4, 0.5) is 0 Å². The highest BCUT2D eigenvalue weighted by atomic mass is 32.2. The number of amidine groups is 1. The quantitative estimate of drug-likeness (QED) is 0.325. The normalized spacial score (nSPS) is 19.4. The Morgan fingerprint density at radius 3 is 3.05 bits per heavy atom. The Labute approximate surface area is 115 Å². The lowest BCUT2D eigenvalue weighted by Gasteiger charge is -2.09. The van der Waals surface area contributed by atoms with Gasteiger partial charge >= 0.3 is 0 Å². The summed E-state index contributed by atoms with van der Waals surface area (Å²) in [5.74, 6) is 2.62. The van der Waals surface area contributed by atoms with Gasteiger partial charge in [-0.25, -0.2) is 0 Å². The number of pyridine rings is 1. The molecule has 0 radical (unpaired) electrons. The Hall–Kier alpha value is -1.76. The fraction of sp³-hybridized carbons (Fsp3) is 0.417. The second kappa shape index (κ2) is 6.42. The van der Waals surface area contributed by atoms with E-state index >= 15 is 0 Å². The van der Waals surface area contributed by atoms with Gasteiger partial charge in [0.05, 0.1) is 0 Å². The first-order chi connectivity index (χ1) is 9.20. The van der Waals surface area contributed by atoms with Gasteiger partial charge in [-0.2, -0.15) is 11.8 Å². The maximum absolute atomic E-state index is 11.9. The van der Waals surface area contributed by atoms with Crippen molar-refractivity contribution in [1.82, 2.24) is 10.3 Å². The lowest BCUT2D eigenvalue weighted by atomic mass is 10.1. The van der Waals surface area contributed by atoms with Crippen LogP contribution in [-0.4, -0.2) is 40.0 Å². The van der Waals surface area contributed by atoms with E-state index in [1.807, 2.05) is 11.8 Å². The zero-order valence-electron chi connectivity index (χ0n) is 10.4. The van der Waals surface area contributed by atoms with Crippen LogP contribution in [0.1, 0.15) is 22.5 Å². The van der Waals surface area contributed by atoms with E-state index < -0.39 is 0 Å². The van der Waals surface area contributed by atoms with Crippen molar-refractivity contribution in [3.05, 3.63) is 29.6 Å². The summed E-state index contributed by atoms with van der Waals surface area (Å²) in [6, 6.07) is 3.16. The summed E-state index contributed by atoms with van der Waals surface area (Å²) < 4.78 is 0. The van der Waals surface area contributed by atoms with Crippen molar-refractivity contribution in [1.29, 1.82) is 0 Å². The van der Waals surface area contributed by atoms with Crippen LogP contribution in [0, 0.1) is 5.92 Å². The number of thioether (sulfide) groups is 1. The van der Waals surface area contributed by atoms with Crippen molar-refractivity contribution in [2.75, 3.05) is 18.1 Å². The van der Waals surface area contributed by atoms with Crippen LogP contribution in [0.2, 0.25) is 0 Å². The van der Waals surface area contributed by atoms with Gasteiger partial charge in [0, 0.05) is 18.3 Å². The molecule has 0 aliphatic carbocycles. The summed E-state index contributed by atoms with van der Waals surface area (Å²) >= 11 is 1.92. The number of carbonyl (C=O) groups excluding carboxylic acids is 1. The van der Waals surface area contributed by atoms with Crippen molar-refractivity contribution >= 4 is 23.5 Å². The molecule has 1 saturated heterocycles. The molecule has 4 N–H and O–H groups in total. The molecule has 1 fully saturated rings. The topological polar surface area (TPSA) is 101 Å². The summed E-state index contributed by atoms with van der Waals surface area (Å²) in [5.41, 5.74) is 6.23. The number of nitrogens with one attached hydrogen (secondary N) is 1. The number of hydrogen-bond donors (Lipinski definition) is 3. The van der Waals surface area contributed by atoms with E-state index in [4.69, 9.17) is 10.9 Å². The van der Waals surface area contributed by atoms with Gasteiger partial charge in [0.25, 0.3) is 5.91 Å². The minimum absolute atomic E-state index is 0.0255. The summed E-state index contributed by atoms with van der Waals surface area (Å²) in [7, 11) is 0. The molecule has 7 heteroatoms. The van der Waals surface area contributed by atoms with Gasteiger partial charge in [-0.15, -0.1) is 0 Å². The van der Waals surface area contributed by atoms with E-state index in [9.17, 15) is 4.79 Å². The van der Waals surface area contributed by atoms with E-state index in [2.05, 4.69) is 15.5 Å². The second-order valence-corrected chi connectivity index (χ2v) is 5.51. The molecule has 1 aromatic rings. The van der Waals surface area contributed by atoms with E-state index in [-0.39, 0.29) is 11.7 Å². The molecule has 1 aliphatic rings. The molecule has 2 rings (SSSR count). The smallest absolute Gasteiger partial charge is 0.269 e. The number of oxime groups is 1. The predicted molar refractivity (Wildman–Crippen MR) is 74.5 cm³/mol. The molecule has 1 atom stereocenters. The van der Waals surface area contributed by atoms with Crippen LogP contribution >= 0.6 is 11.8 Å². The van der Waals surface area contributed by atoms with E-state index in [0.717, 1.165) is 12.2 Å². The van der Waals surface area contributed by atoms with Crippen molar-refractivity contribution in [2.24, 2.45) is 16.8 Å². The first-order valence-electron chi connectivity index (χ1n) is 6.00. The Morgan fingerprint density at radius 2 is 2.47 bits per heavy atom. The average molecular weight is 280 g/mol. The fourth-order valence-electron chi connectivity index (χ4n) is 1.81. The lowest BCUT2D eigenvalue weighted by molar-refractivity contribution is 0.0943. The van der Waals surface area contributed by atoms with Gasteiger partial charge in [-0.05, 0) is 36.0 Å². The molecule has 1 aromatic heterocycles. The second-order valence-electron chi connectivity index (χ2n) is 4.36. The van der Waals surface area contributed by atoms with Crippen molar-refractivity contribution < 1.29 is 10.0 Å². The Bertz CT molecular complexity index is 469. The Balaban J connectivity index is 1.91. The lowest BCUT2D eigenvalue weighted by Crippen LogP contribution is -2.30. The zero-order valence-corrected chi connectivity index (χ0v) is 11.2. The third kappa shape index (κ3) is 3.60. The van der Waals surface area contributed by atoms with Crippen molar-refractivity contribution in [2.45, 2.75) is 6.42 Å². The van der Waals surface area contributed by atoms with Crippen molar-refractivity contribution in [3.8, 4) is 0 Å². The average Bonchev–Trinajstić information content (AvgIpc) is 2.97. The van der Waals surface area contributed by atoms with E-state index in [0.29, 0.717) is 23.7 Å². The van der Waals surface area contributed by atoms with Gasteiger partial charge in [0.15, 0.2) is 5.84 Å². The minimum Gasteiger partial charge on any atom is -0.409 e. The molecule has 6 nitrogen and oxygen atoms in total. The molecule has 102 valence electrons. The molecule has 0 spiro atoms. The van der Waals surface area contributed by atoms with Gasteiger partial charge in [-0.1, -0.05) is 5.16 Å². The highest BCUT2D eigenvalue weighted by Gasteiger charge is 2.17. The summed E-state index contributed by atoms with van der Waals surface area (Å²) in [6.07, 6.45) is 2.57. The molecular formula is C12H16N4O2S. The number of nitrogens with two attached hydrogens (primary N) is 1. The molecule has 1 aliphatic heterocycles. The molecular weight excluding hydrogens is 264 g/mol. The van der Waals surface area contributed by atoms with Crippen LogP contribution < -0.4 is 11.1 Å². The predicted octanol–water partition coefficient (Wildman–Crippen LogP) is 0.659. The molecule has 1 unspecified atom stereocenters. The third-order valence-electron chi connectivity index (χ3n) is 2.97. The Kier molecular flexibility index (Phi) is 4.62. The molecule has 0 saturated carbocycles. The van der Waals surface area contributed by atoms with Crippen LogP contribution in [-0.2, 0) is 0 Å². The standard InChI is InChI=1S/C12H16N4O2S/c13-11(16-18)9-1-2-10(14-6-9)12(17)15-5-8-3-4-19-7-8/h1-2,6,8,18H,3-5,7H2,(H2,13,16)(H,15,17). The minimum atomic E-state index is -0.192. The largest absolute Gasteiger partial charge is 0.409 e. The number of hydrogen-bond acceptors (Lipinski definition) is 5. The highest BCUT2D eigenvalue weighted by Crippen LogP contribution is 2.22. The van der Waals surface area contributed by atoms with E-state index in [1.54, 1.807) is 12.1 Å². The van der Waals surface area contributed by atoms with Crippen LogP contribution in [0.15, 0.2) is 23.5 Å². The molecule has 1 amide bonds. The number of nitrogens with zero attached hydrogens (tertiary/aromatic N) is 2. The SMILES string of the molecule is N/C(=N/O)c1ccc(C(=O)NCC2CCSC2)nc1. The number of rotatable bonds is 4. The first kappa shape index (κ1) is 13.7.